The van der Waals surface area contributed by atoms with Crippen molar-refractivity contribution in [1.82, 2.24) is 16.0 Å². The van der Waals surface area contributed by atoms with Crippen LogP contribution in [-0.2, 0) is 14.3 Å². The molecule has 1 aliphatic rings. The summed E-state index contributed by atoms with van der Waals surface area (Å²) in [5.74, 6) is 0. The van der Waals surface area contributed by atoms with E-state index in [0.717, 1.165) is 0 Å². The topological polar surface area (TPSA) is 70.7 Å². The fourth-order valence-electron chi connectivity index (χ4n) is 0.816. The standard InChI is InChI=1S/C6H13N3O3S/c1-5(2)12-13(10,11)6-4-9(3)8-7-6/h4-5,7-8H,1-3H3. The van der Waals surface area contributed by atoms with E-state index in [0.29, 0.717) is 0 Å². The molecule has 1 aliphatic heterocycles. The summed E-state index contributed by atoms with van der Waals surface area (Å²) in [5.41, 5.74) is 5.06. The molecule has 0 aromatic heterocycles. The number of hydrogen-bond acceptors (Lipinski definition) is 6. The molecule has 1 heterocycles. The van der Waals surface area contributed by atoms with Gasteiger partial charge < -0.3 is 0 Å². The van der Waals surface area contributed by atoms with E-state index in [2.05, 4.69) is 11.0 Å². The third-order valence-corrected chi connectivity index (χ3v) is 2.64. The van der Waals surface area contributed by atoms with E-state index in [-0.39, 0.29) is 11.1 Å². The predicted molar refractivity (Wildman–Crippen MR) is 47.3 cm³/mol. The smallest absolute Gasteiger partial charge is 0.298 e. The lowest BCUT2D eigenvalue weighted by Crippen LogP contribution is -2.35. The van der Waals surface area contributed by atoms with E-state index in [9.17, 15) is 8.42 Å². The van der Waals surface area contributed by atoms with Gasteiger partial charge in [0.1, 0.15) is 0 Å². The minimum absolute atomic E-state index is 0.0173. The Morgan fingerprint density at radius 3 is 2.54 bits per heavy atom. The third-order valence-electron chi connectivity index (χ3n) is 1.25. The van der Waals surface area contributed by atoms with Crippen LogP contribution in [0.3, 0.4) is 0 Å². The normalized spacial score (nSPS) is 17.5. The second-order valence-corrected chi connectivity index (χ2v) is 4.48. The van der Waals surface area contributed by atoms with Crippen LogP contribution in [0.2, 0.25) is 0 Å². The maximum absolute atomic E-state index is 11.4. The first-order chi connectivity index (χ1) is 5.92. The summed E-state index contributed by atoms with van der Waals surface area (Å²) >= 11 is 0. The molecule has 0 atom stereocenters. The van der Waals surface area contributed by atoms with Crippen LogP contribution in [0.1, 0.15) is 13.8 Å². The largest absolute Gasteiger partial charge is 0.315 e. The van der Waals surface area contributed by atoms with Crippen molar-refractivity contribution in [2.45, 2.75) is 20.0 Å². The molecule has 7 heteroatoms. The molecule has 0 unspecified atom stereocenters. The molecule has 0 amide bonds. The van der Waals surface area contributed by atoms with Crippen molar-refractivity contribution in [3.63, 3.8) is 0 Å². The zero-order chi connectivity index (χ0) is 10.1. The highest BCUT2D eigenvalue weighted by Crippen LogP contribution is 2.11. The van der Waals surface area contributed by atoms with E-state index >= 15 is 0 Å². The van der Waals surface area contributed by atoms with E-state index in [4.69, 9.17) is 4.18 Å². The molecule has 0 aliphatic carbocycles. The molecule has 2 N–H and O–H groups in total. The van der Waals surface area contributed by atoms with Crippen molar-refractivity contribution in [2.75, 3.05) is 7.05 Å². The Kier molecular flexibility index (Phi) is 2.79. The first-order valence-corrected chi connectivity index (χ1v) is 5.22. The van der Waals surface area contributed by atoms with Crippen LogP contribution in [0.5, 0.6) is 0 Å². The van der Waals surface area contributed by atoms with Crippen molar-refractivity contribution in [1.29, 1.82) is 0 Å². The fraction of sp³-hybridized carbons (Fsp3) is 0.667. The molecular formula is C6H13N3O3S. The number of hydrogen-bond donors (Lipinski definition) is 2. The lowest BCUT2D eigenvalue weighted by molar-refractivity contribution is 0.250. The van der Waals surface area contributed by atoms with E-state index < -0.39 is 10.1 Å². The van der Waals surface area contributed by atoms with Gasteiger partial charge in [0.15, 0.2) is 5.03 Å². The first-order valence-electron chi connectivity index (χ1n) is 3.81. The zero-order valence-corrected chi connectivity index (χ0v) is 8.55. The van der Waals surface area contributed by atoms with Gasteiger partial charge in [0.05, 0.1) is 12.3 Å². The van der Waals surface area contributed by atoms with Crippen LogP contribution in [0.25, 0.3) is 0 Å². The van der Waals surface area contributed by atoms with Gasteiger partial charge in [0, 0.05) is 7.05 Å². The number of nitrogens with one attached hydrogen (secondary N) is 2. The second kappa shape index (κ2) is 3.52. The van der Waals surface area contributed by atoms with E-state index in [1.54, 1.807) is 20.9 Å². The van der Waals surface area contributed by atoms with Crippen molar-refractivity contribution in [2.24, 2.45) is 0 Å². The molecule has 0 bridgehead atoms. The number of rotatable bonds is 3. The summed E-state index contributed by atoms with van der Waals surface area (Å²) in [7, 11) is -1.97. The van der Waals surface area contributed by atoms with Crippen LogP contribution in [0.4, 0.5) is 0 Å². The van der Waals surface area contributed by atoms with Gasteiger partial charge in [-0.15, -0.1) is 5.53 Å². The van der Waals surface area contributed by atoms with Crippen LogP contribution >= 0.6 is 0 Å². The fourth-order valence-corrected chi connectivity index (χ4v) is 1.88. The summed E-state index contributed by atoms with van der Waals surface area (Å²) < 4.78 is 27.5. The minimum atomic E-state index is -3.65. The van der Waals surface area contributed by atoms with Crippen LogP contribution in [0.15, 0.2) is 11.2 Å². The number of hydrazine groups is 2. The molecule has 6 nitrogen and oxygen atoms in total. The Hall–Kier alpha value is -0.790. The molecule has 13 heavy (non-hydrogen) atoms. The van der Waals surface area contributed by atoms with Gasteiger partial charge in [-0.1, -0.05) is 0 Å². The van der Waals surface area contributed by atoms with Crippen molar-refractivity contribution < 1.29 is 12.6 Å². The molecule has 0 saturated carbocycles. The molecule has 0 fully saturated rings. The van der Waals surface area contributed by atoms with E-state index in [1.807, 2.05) is 0 Å². The van der Waals surface area contributed by atoms with Gasteiger partial charge in [0.2, 0.25) is 0 Å². The molecule has 76 valence electrons. The summed E-state index contributed by atoms with van der Waals surface area (Å²) in [6.45, 7) is 3.31. The molecule has 0 aromatic rings. The highest BCUT2D eigenvalue weighted by Gasteiger charge is 2.24. The van der Waals surface area contributed by atoms with Gasteiger partial charge in [-0.2, -0.15) is 8.42 Å². The van der Waals surface area contributed by atoms with Crippen molar-refractivity contribution >= 4 is 10.1 Å². The van der Waals surface area contributed by atoms with Crippen molar-refractivity contribution in [3.8, 4) is 0 Å². The Morgan fingerprint density at radius 2 is 2.15 bits per heavy atom. The van der Waals surface area contributed by atoms with Crippen LogP contribution in [-0.4, -0.2) is 26.6 Å². The Balaban J connectivity index is 2.76. The summed E-state index contributed by atoms with van der Waals surface area (Å²) in [5, 5.41) is 1.50. The maximum Gasteiger partial charge on any atom is 0.315 e. The van der Waals surface area contributed by atoms with Gasteiger partial charge >= 0.3 is 10.1 Å². The molecule has 0 aromatic carbocycles. The Labute approximate surface area is 77.6 Å². The third kappa shape index (κ3) is 2.58. The lowest BCUT2D eigenvalue weighted by atomic mass is 10.5. The Bertz CT molecular complexity index is 309. The molecule has 1 rings (SSSR count). The average molecular weight is 207 g/mol. The van der Waals surface area contributed by atoms with Gasteiger partial charge in [-0.3, -0.25) is 14.6 Å². The predicted octanol–water partition coefficient (Wildman–Crippen LogP) is -0.505. The molecule has 0 radical (unpaired) electrons. The SMILES string of the molecule is CC(C)OS(=O)(=O)C1=CN(C)NN1. The average Bonchev–Trinajstić information content (AvgIpc) is 2.32. The van der Waals surface area contributed by atoms with Crippen LogP contribution < -0.4 is 11.0 Å². The van der Waals surface area contributed by atoms with Crippen molar-refractivity contribution in [3.05, 3.63) is 11.2 Å². The highest BCUT2D eigenvalue weighted by atomic mass is 32.2. The lowest BCUT2D eigenvalue weighted by Gasteiger charge is -2.08. The van der Waals surface area contributed by atoms with Crippen LogP contribution in [0, 0.1) is 0 Å². The summed E-state index contributed by atoms with van der Waals surface area (Å²) in [6.07, 6.45) is 1.04. The minimum Gasteiger partial charge on any atom is -0.298 e. The van der Waals surface area contributed by atoms with E-state index in [1.165, 1.54) is 11.2 Å². The Morgan fingerprint density at radius 1 is 1.54 bits per heavy atom. The summed E-state index contributed by atoms with van der Waals surface area (Å²) in [6, 6.07) is 0. The maximum atomic E-state index is 11.4. The van der Waals surface area contributed by atoms with Gasteiger partial charge in [-0.05, 0) is 13.8 Å². The van der Waals surface area contributed by atoms with Gasteiger partial charge in [0.25, 0.3) is 0 Å². The van der Waals surface area contributed by atoms with Gasteiger partial charge in [-0.25, -0.2) is 0 Å². The quantitative estimate of drug-likeness (QED) is 0.608. The highest BCUT2D eigenvalue weighted by molar-refractivity contribution is 7.90. The number of nitrogens with zero attached hydrogens (tertiary/aromatic N) is 1. The monoisotopic (exact) mass is 207 g/mol. The molecule has 0 saturated heterocycles. The molecule has 0 spiro atoms. The molecular weight excluding hydrogens is 194 g/mol. The summed E-state index contributed by atoms with van der Waals surface area (Å²) in [4.78, 5) is 0. The first kappa shape index (κ1) is 10.3. The zero-order valence-electron chi connectivity index (χ0n) is 7.73. The second-order valence-electron chi connectivity index (χ2n) is 2.94.